The third-order valence-corrected chi connectivity index (χ3v) is 3.86. The summed E-state index contributed by atoms with van der Waals surface area (Å²) in [5, 5.41) is 3.10. The summed E-state index contributed by atoms with van der Waals surface area (Å²) in [4.78, 5) is 11.9. The van der Waals surface area contributed by atoms with Crippen molar-refractivity contribution < 1.29 is 9.53 Å². The van der Waals surface area contributed by atoms with E-state index < -0.39 is 0 Å². The van der Waals surface area contributed by atoms with Crippen LogP contribution in [0, 0.1) is 11.8 Å². The Morgan fingerprint density at radius 1 is 1.44 bits per heavy atom. The number of rotatable bonds is 8. The van der Waals surface area contributed by atoms with Gasteiger partial charge in [-0.25, -0.2) is 0 Å². The van der Waals surface area contributed by atoms with Gasteiger partial charge >= 0.3 is 0 Å². The molecule has 1 saturated carbocycles. The van der Waals surface area contributed by atoms with Crippen molar-refractivity contribution in [3.8, 4) is 0 Å². The summed E-state index contributed by atoms with van der Waals surface area (Å²) < 4.78 is 5.50. The predicted octanol–water partition coefficient (Wildman–Crippen LogP) is 2.96. The smallest absolute Gasteiger partial charge is 0.220 e. The maximum absolute atomic E-state index is 11.9. The second-order valence-electron chi connectivity index (χ2n) is 5.51. The van der Waals surface area contributed by atoms with Crippen LogP contribution < -0.4 is 5.32 Å². The Kier molecular flexibility index (Phi) is 7.02. The molecule has 0 aliphatic heterocycles. The number of nitrogens with one attached hydrogen (secondary N) is 1. The first-order valence-electron chi connectivity index (χ1n) is 7.03. The second kappa shape index (κ2) is 8.00. The number of amides is 1. The molecule has 0 aromatic heterocycles. The second-order valence-corrected chi connectivity index (χ2v) is 5.89. The summed E-state index contributed by atoms with van der Waals surface area (Å²) in [6.07, 6.45) is 3.93. The Hall–Kier alpha value is -0.280. The quantitative estimate of drug-likeness (QED) is 0.692. The van der Waals surface area contributed by atoms with Crippen molar-refractivity contribution in [3.63, 3.8) is 0 Å². The molecule has 1 fully saturated rings. The van der Waals surface area contributed by atoms with E-state index in [4.69, 9.17) is 16.3 Å². The number of ether oxygens (including phenoxy) is 1. The van der Waals surface area contributed by atoms with Gasteiger partial charge in [0.2, 0.25) is 5.91 Å². The molecular weight excluding hydrogens is 250 g/mol. The number of carbonyl (C=O) groups excluding carboxylic acids is 1. The van der Waals surface area contributed by atoms with Crippen LogP contribution in [-0.4, -0.2) is 30.5 Å². The molecule has 1 amide bonds. The normalized spacial score (nSPS) is 24.7. The fourth-order valence-electron chi connectivity index (χ4n) is 2.43. The molecule has 1 aliphatic rings. The molecule has 1 aliphatic carbocycles. The first-order chi connectivity index (χ1) is 8.56. The van der Waals surface area contributed by atoms with Crippen molar-refractivity contribution in [2.75, 3.05) is 12.5 Å². The maximum Gasteiger partial charge on any atom is 0.220 e. The lowest BCUT2D eigenvalue weighted by atomic mass is 9.79. The highest BCUT2D eigenvalue weighted by molar-refractivity contribution is 6.17. The van der Waals surface area contributed by atoms with Crippen molar-refractivity contribution in [3.05, 3.63) is 0 Å². The summed E-state index contributed by atoms with van der Waals surface area (Å²) in [6.45, 7) is 7.02. The highest BCUT2D eigenvalue weighted by Gasteiger charge is 2.31. The number of carbonyl (C=O) groups is 1. The largest absolute Gasteiger partial charge is 0.378 e. The van der Waals surface area contributed by atoms with Crippen LogP contribution in [0.2, 0.25) is 0 Å². The van der Waals surface area contributed by atoms with Crippen molar-refractivity contribution >= 4 is 17.5 Å². The third kappa shape index (κ3) is 5.15. The van der Waals surface area contributed by atoms with Crippen LogP contribution in [0.4, 0.5) is 0 Å². The lowest BCUT2D eigenvalue weighted by molar-refractivity contribution is -0.125. The molecule has 0 bridgehead atoms. The lowest BCUT2D eigenvalue weighted by Gasteiger charge is -2.35. The molecule has 18 heavy (non-hydrogen) atoms. The summed E-state index contributed by atoms with van der Waals surface area (Å²) in [5.41, 5.74) is 0. The molecule has 1 N–H and O–H groups in total. The molecule has 0 aromatic rings. The van der Waals surface area contributed by atoms with E-state index in [1.165, 1.54) is 0 Å². The molecule has 0 saturated heterocycles. The van der Waals surface area contributed by atoms with Crippen LogP contribution in [0.25, 0.3) is 0 Å². The van der Waals surface area contributed by atoms with Gasteiger partial charge in [-0.2, -0.15) is 0 Å². The van der Waals surface area contributed by atoms with Gasteiger partial charge in [-0.1, -0.05) is 13.8 Å². The molecule has 0 heterocycles. The third-order valence-electron chi connectivity index (χ3n) is 3.64. The highest BCUT2D eigenvalue weighted by atomic mass is 35.5. The van der Waals surface area contributed by atoms with Crippen molar-refractivity contribution in [1.29, 1.82) is 0 Å². The van der Waals surface area contributed by atoms with Gasteiger partial charge in [-0.15, -0.1) is 11.6 Å². The molecular formula is C14H26ClNO2. The van der Waals surface area contributed by atoms with Gasteiger partial charge in [-0.3, -0.25) is 4.79 Å². The van der Waals surface area contributed by atoms with Crippen LogP contribution in [0.3, 0.4) is 0 Å². The van der Waals surface area contributed by atoms with E-state index in [1.54, 1.807) is 0 Å². The summed E-state index contributed by atoms with van der Waals surface area (Å²) >= 11 is 5.75. The topological polar surface area (TPSA) is 38.3 Å². The highest BCUT2D eigenvalue weighted by Crippen LogP contribution is 2.32. The van der Waals surface area contributed by atoms with E-state index in [1.807, 2.05) is 6.92 Å². The number of halogens is 1. The molecule has 106 valence electrons. The SMILES string of the molecule is CCOC1CC(CC(=O)NC(CCCl)C(C)C)C1. The Morgan fingerprint density at radius 3 is 2.61 bits per heavy atom. The Labute approximate surface area is 116 Å². The Morgan fingerprint density at radius 2 is 2.11 bits per heavy atom. The van der Waals surface area contributed by atoms with E-state index in [0.717, 1.165) is 25.9 Å². The zero-order valence-electron chi connectivity index (χ0n) is 11.7. The Balaban J connectivity index is 2.21. The van der Waals surface area contributed by atoms with E-state index in [-0.39, 0.29) is 11.9 Å². The van der Waals surface area contributed by atoms with Crippen molar-refractivity contribution in [1.82, 2.24) is 5.32 Å². The van der Waals surface area contributed by atoms with Gasteiger partial charge in [0, 0.05) is 24.9 Å². The zero-order chi connectivity index (χ0) is 13.5. The minimum atomic E-state index is 0.166. The number of alkyl halides is 1. The van der Waals surface area contributed by atoms with Crippen LogP contribution in [-0.2, 0) is 9.53 Å². The van der Waals surface area contributed by atoms with Gasteiger partial charge in [-0.05, 0) is 38.0 Å². The monoisotopic (exact) mass is 275 g/mol. The maximum atomic E-state index is 11.9. The van der Waals surface area contributed by atoms with Gasteiger partial charge in [0.1, 0.15) is 0 Å². The first kappa shape index (κ1) is 15.8. The van der Waals surface area contributed by atoms with Crippen molar-refractivity contribution in [2.45, 2.75) is 58.6 Å². The van der Waals surface area contributed by atoms with Gasteiger partial charge in [0.15, 0.2) is 0 Å². The zero-order valence-corrected chi connectivity index (χ0v) is 12.5. The van der Waals surface area contributed by atoms with E-state index >= 15 is 0 Å². The van der Waals surface area contributed by atoms with Gasteiger partial charge < -0.3 is 10.1 Å². The summed E-state index contributed by atoms with van der Waals surface area (Å²) in [5.74, 6) is 1.70. The molecule has 1 atom stereocenters. The summed E-state index contributed by atoms with van der Waals surface area (Å²) in [6, 6.07) is 0.206. The van der Waals surface area contributed by atoms with E-state index in [0.29, 0.717) is 30.2 Å². The standard InChI is InChI=1S/C14H26ClNO2/c1-4-18-12-7-11(8-12)9-14(17)16-13(5-6-15)10(2)3/h10-13H,4-9H2,1-3H3,(H,16,17). The molecule has 3 nitrogen and oxygen atoms in total. The molecule has 0 aromatic carbocycles. The average molecular weight is 276 g/mol. The van der Waals surface area contributed by atoms with E-state index in [9.17, 15) is 4.79 Å². The number of hydrogen-bond acceptors (Lipinski definition) is 2. The fraction of sp³-hybridized carbons (Fsp3) is 0.929. The Bertz CT molecular complexity index is 252. The van der Waals surface area contributed by atoms with Gasteiger partial charge in [0.05, 0.1) is 6.10 Å². The summed E-state index contributed by atoms with van der Waals surface area (Å²) in [7, 11) is 0. The van der Waals surface area contributed by atoms with E-state index in [2.05, 4.69) is 19.2 Å². The lowest BCUT2D eigenvalue weighted by Crippen LogP contribution is -2.41. The van der Waals surface area contributed by atoms with Gasteiger partial charge in [0.25, 0.3) is 0 Å². The number of hydrogen-bond donors (Lipinski definition) is 1. The fourth-order valence-corrected chi connectivity index (χ4v) is 2.67. The molecule has 1 unspecified atom stereocenters. The minimum Gasteiger partial charge on any atom is -0.378 e. The van der Waals surface area contributed by atoms with Crippen LogP contribution >= 0.6 is 11.6 Å². The average Bonchev–Trinajstić information content (AvgIpc) is 2.25. The van der Waals surface area contributed by atoms with Crippen LogP contribution in [0.15, 0.2) is 0 Å². The molecule has 4 heteroatoms. The predicted molar refractivity (Wildman–Crippen MR) is 74.9 cm³/mol. The minimum absolute atomic E-state index is 0.166. The van der Waals surface area contributed by atoms with Crippen LogP contribution in [0.1, 0.15) is 46.5 Å². The molecule has 1 rings (SSSR count). The molecule has 0 spiro atoms. The molecule has 0 radical (unpaired) electrons. The first-order valence-corrected chi connectivity index (χ1v) is 7.57. The van der Waals surface area contributed by atoms with Crippen molar-refractivity contribution in [2.24, 2.45) is 11.8 Å². The van der Waals surface area contributed by atoms with Crippen LogP contribution in [0.5, 0.6) is 0 Å².